The van der Waals surface area contributed by atoms with Crippen molar-refractivity contribution in [3.8, 4) is 17.2 Å². The van der Waals surface area contributed by atoms with Crippen molar-refractivity contribution >= 4 is 11.8 Å². The largest absolute Gasteiger partial charge is 0.496 e. The molecule has 0 bridgehead atoms. The summed E-state index contributed by atoms with van der Waals surface area (Å²) < 4.78 is 16.2. The van der Waals surface area contributed by atoms with Crippen molar-refractivity contribution in [2.24, 2.45) is 0 Å². The Kier molecular flexibility index (Phi) is 9.00. The van der Waals surface area contributed by atoms with Crippen LogP contribution >= 0.6 is 0 Å². The molecule has 0 radical (unpaired) electrons. The zero-order valence-corrected chi connectivity index (χ0v) is 18.0. The number of ether oxygens (including phenoxy) is 3. The van der Waals surface area contributed by atoms with E-state index in [2.05, 4.69) is 5.32 Å². The maximum Gasteiger partial charge on any atom is 0.261 e. The van der Waals surface area contributed by atoms with Crippen LogP contribution in [-0.2, 0) is 16.1 Å². The highest BCUT2D eigenvalue weighted by Crippen LogP contribution is 2.27. The molecule has 1 atom stereocenters. The van der Waals surface area contributed by atoms with Crippen LogP contribution in [0.25, 0.3) is 0 Å². The molecule has 162 valence electrons. The molecule has 0 aliphatic carbocycles. The fourth-order valence-corrected chi connectivity index (χ4v) is 3.08. The lowest BCUT2D eigenvalue weighted by atomic mass is 10.1. The van der Waals surface area contributed by atoms with E-state index in [0.717, 1.165) is 5.56 Å². The average Bonchev–Trinajstić information content (AvgIpc) is 2.77. The van der Waals surface area contributed by atoms with Crippen molar-refractivity contribution in [2.75, 3.05) is 27.4 Å². The lowest BCUT2D eigenvalue weighted by Gasteiger charge is -2.30. The Bertz CT molecular complexity index is 803. The molecule has 0 saturated carbocycles. The van der Waals surface area contributed by atoms with Crippen molar-refractivity contribution in [3.63, 3.8) is 0 Å². The van der Waals surface area contributed by atoms with Gasteiger partial charge in [-0.15, -0.1) is 0 Å². The zero-order valence-electron chi connectivity index (χ0n) is 18.0. The van der Waals surface area contributed by atoms with E-state index in [-0.39, 0.29) is 18.4 Å². The second kappa shape index (κ2) is 11.7. The lowest BCUT2D eigenvalue weighted by Crippen LogP contribution is -2.50. The molecule has 1 N–H and O–H groups in total. The Morgan fingerprint density at radius 2 is 1.57 bits per heavy atom. The third kappa shape index (κ3) is 6.40. The van der Waals surface area contributed by atoms with Gasteiger partial charge in [-0.1, -0.05) is 37.3 Å². The Morgan fingerprint density at radius 1 is 0.967 bits per heavy atom. The molecule has 0 aliphatic rings. The average molecular weight is 415 g/mol. The molecule has 30 heavy (non-hydrogen) atoms. The highest BCUT2D eigenvalue weighted by molar-refractivity contribution is 5.88. The van der Waals surface area contributed by atoms with Crippen LogP contribution in [0.5, 0.6) is 17.2 Å². The molecule has 0 spiro atoms. The predicted octanol–water partition coefficient (Wildman–Crippen LogP) is 3.03. The van der Waals surface area contributed by atoms with Gasteiger partial charge < -0.3 is 24.4 Å². The highest BCUT2D eigenvalue weighted by Gasteiger charge is 2.28. The summed E-state index contributed by atoms with van der Waals surface area (Å²) in [5, 5.41) is 2.81. The van der Waals surface area contributed by atoms with Crippen molar-refractivity contribution in [3.05, 3.63) is 54.1 Å². The molecular formula is C23H30N2O5. The lowest BCUT2D eigenvalue weighted by molar-refractivity contribution is -0.142. The van der Waals surface area contributed by atoms with Crippen molar-refractivity contribution < 1.29 is 23.8 Å². The number of methoxy groups -OCH3 is 2. The Balaban J connectivity index is 2.20. The minimum absolute atomic E-state index is 0.174. The van der Waals surface area contributed by atoms with Crippen molar-refractivity contribution in [1.29, 1.82) is 0 Å². The maximum absolute atomic E-state index is 13.1. The molecule has 0 heterocycles. The van der Waals surface area contributed by atoms with Gasteiger partial charge in [0, 0.05) is 31.3 Å². The van der Waals surface area contributed by atoms with E-state index in [1.165, 1.54) is 0 Å². The maximum atomic E-state index is 13.1. The van der Waals surface area contributed by atoms with Gasteiger partial charge >= 0.3 is 0 Å². The first-order valence-corrected chi connectivity index (χ1v) is 9.99. The third-order valence-corrected chi connectivity index (χ3v) is 4.62. The normalized spacial score (nSPS) is 11.3. The smallest absolute Gasteiger partial charge is 0.261 e. The van der Waals surface area contributed by atoms with E-state index in [9.17, 15) is 9.59 Å². The van der Waals surface area contributed by atoms with E-state index >= 15 is 0 Å². The van der Waals surface area contributed by atoms with Crippen molar-refractivity contribution in [1.82, 2.24) is 10.2 Å². The molecule has 2 aromatic carbocycles. The molecule has 2 rings (SSSR count). The number of hydrogen-bond donors (Lipinski definition) is 1. The first-order chi connectivity index (χ1) is 14.5. The molecule has 7 nitrogen and oxygen atoms in total. The van der Waals surface area contributed by atoms with E-state index in [4.69, 9.17) is 14.2 Å². The number of carbonyl (C=O) groups is 2. The van der Waals surface area contributed by atoms with Gasteiger partial charge in [0.05, 0.1) is 14.2 Å². The van der Waals surface area contributed by atoms with Gasteiger partial charge in [0.25, 0.3) is 5.91 Å². The van der Waals surface area contributed by atoms with Gasteiger partial charge in [0.1, 0.15) is 23.3 Å². The van der Waals surface area contributed by atoms with Crippen LogP contribution in [0.15, 0.2) is 48.5 Å². The Labute approximate surface area is 177 Å². The Morgan fingerprint density at radius 3 is 2.10 bits per heavy atom. The number of amides is 2. The first-order valence-electron chi connectivity index (χ1n) is 9.99. The molecule has 1 unspecified atom stereocenters. The summed E-state index contributed by atoms with van der Waals surface area (Å²) in [6.45, 7) is 4.36. The van der Waals surface area contributed by atoms with Crippen LogP contribution in [0.4, 0.5) is 0 Å². The van der Waals surface area contributed by atoms with Crippen LogP contribution in [0, 0.1) is 0 Å². The zero-order chi connectivity index (χ0) is 21.9. The quantitative estimate of drug-likeness (QED) is 0.612. The number of carbonyl (C=O) groups excluding carboxylic acids is 2. The summed E-state index contributed by atoms with van der Waals surface area (Å²) in [6, 6.07) is 14.1. The number of nitrogens with zero attached hydrogens (tertiary/aromatic N) is 1. The fourth-order valence-electron chi connectivity index (χ4n) is 3.08. The van der Waals surface area contributed by atoms with Gasteiger partial charge in [0.15, 0.2) is 6.61 Å². The summed E-state index contributed by atoms with van der Waals surface area (Å²) in [5.74, 6) is 1.12. The van der Waals surface area contributed by atoms with Crippen molar-refractivity contribution in [2.45, 2.75) is 32.9 Å². The predicted molar refractivity (Wildman–Crippen MR) is 115 cm³/mol. The topological polar surface area (TPSA) is 77.1 Å². The molecule has 0 fully saturated rings. The molecular weight excluding hydrogens is 384 g/mol. The summed E-state index contributed by atoms with van der Waals surface area (Å²) in [7, 11) is 3.09. The molecule has 7 heteroatoms. The van der Waals surface area contributed by atoms with Gasteiger partial charge in [-0.25, -0.2) is 0 Å². The van der Waals surface area contributed by atoms with Crippen LogP contribution in [0.1, 0.15) is 25.8 Å². The van der Waals surface area contributed by atoms with E-state index in [1.54, 1.807) is 37.3 Å². The van der Waals surface area contributed by atoms with E-state index in [1.807, 2.05) is 44.2 Å². The second-order valence-electron chi connectivity index (χ2n) is 6.66. The van der Waals surface area contributed by atoms with E-state index in [0.29, 0.717) is 36.8 Å². The van der Waals surface area contributed by atoms with Gasteiger partial charge in [-0.2, -0.15) is 0 Å². The summed E-state index contributed by atoms with van der Waals surface area (Å²) in [4.78, 5) is 27.2. The minimum Gasteiger partial charge on any atom is -0.496 e. The summed E-state index contributed by atoms with van der Waals surface area (Å²) in [5.41, 5.74) is 0.941. The monoisotopic (exact) mass is 414 g/mol. The SMILES string of the molecule is CCNC(=O)C(CC)N(Cc1ccccc1)C(=O)COc1cc(OC)cc(OC)c1. The molecule has 0 saturated heterocycles. The molecule has 2 aromatic rings. The number of rotatable bonds is 11. The first kappa shape index (κ1) is 23.1. The van der Waals surface area contributed by atoms with Gasteiger partial charge in [-0.3, -0.25) is 9.59 Å². The minimum atomic E-state index is -0.582. The van der Waals surface area contributed by atoms with Gasteiger partial charge in [0.2, 0.25) is 5.91 Å². The number of benzene rings is 2. The Hall–Kier alpha value is -3.22. The third-order valence-electron chi connectivity index (χ3n) is 4.62. The fraction of sp³-hybridized carbons (Fsp3) is 0.391. The van der Waals surface area contributed by atoms with Crippen LogP contribution in [-0.4, -0.2) is 50.1 Å². The van der Waals surface area contributed by atoms with Crippen LogP contribution < -0.4 is 19.5 Å². The van der Waals surface area contributed by atoms with Crippen LogP contribution in [0.3, 0.4) is 0 Å². The van der Waals surface area contributed by atoms with Crippen LogP contribution in [0.2, 0.25) is 0 Å². The van der Waals surface area contributed by atoms with Gasteiger partial charge in [-0.05, 0) is 18.9 Å². The molecule has 0 aliphatic heterocycles. The van der Waals surface area contributed by atoms with E-state index < -0.39 is 6.04 Å². The number of nitrogens with one attached hydrogen (secondary N) is 1. The number of hydrogen-bond acceptors (Lipinski definition) is 5. The number of likely N-dealkylation sites (N-methyl/N-ethyl adjacent to an activating group) is 1. The molecule has 0 aromatic heterocycles. The molecule has 2 amide bonds. The summed E-state index contributed by atoms with van der Waals surface area (Å²) >= 11 is 0. The standard InChI is InChI=1S/C23H30N2O5/c1-5-21(23(27)24-6-2)25(15-17-10-8-7-9-11-17)22(26)16-30-20-13-18(28-3)12-19(14-20)29-4/h7-14,21H,5-6,15-16H2,1-4H3,(H,24,27). The second-order valence-corrected chi connectivity index (χ2v) is 6.66. The summed E-state index contributed by atoms with van der Waals surface area (Å²) in [6.07, 6.45) is 0.497. The highest BCUT2D eigenvalue weighted by atomic mass is 16.5.